The van der Waals surface area contributed by atoms with Crippen LogP contribution in [0.15, 0.2) is 0 Å². The van der Waals surface area contributed by atoms with Crippen LogP contribution in [0.3, 0.4) is 0 Å². The van der Waals surface area contributed by atoms with Crippen LogP contribution in [-0.4, -0.2) is 41.1 Å². The summed E-state index contributed by atoms with van der Waals surface area (Å²) in [5.74, 6) is -0.813. The molecule has 1 atom stereocenters. The number of carboxylic acids is 1. The van der Waals surface area contributed by atoms with Crippen molar-refractivity contribution in [1.82, 2.24) is 10.2 Å². The van der Waals surface area contributed by atoms with Crippen LogP contribution >= 0.6 is 0 Å². The first-order valence-electron chi connectivity index (χ1n) is 4.37. The highest BCUT2D eigenvalue weighted by molar-refractivity contribution is 5.76. The molecule has 0 aromatic heterocycles. The molecule has 5 heteroatoms. The van der Waals surface area contributed by atoms with Gasteiger partial charge >= 0.3 is 12.0 Å². The summed E-state index contributed by atoms with van der Waals surface area (Å²) in [5, 5.41) is 11.1. The maximum atomic E-state index is 11.1. The van der Waals surface area contributed by atoms with Crippen molar-refractivity contribution in [3.8, 4) is 0 Å². The molecule has 0 bridgehead atoms. The van der Waals surface area contributed by atoms with Crippen molar-refractivity contribution in [2.75, 3.05) is 13.1 Å². The van der Waals surface area contributed by atoms with E-state index in [1.807, 2.05) is 6.92 Å². The van der Waals surface area contributed by atoms with E-state index in [2.05, 4.69) is 5.32 Å². The molecule has 0 aromatic carbocycles. The number of rotatable bonds is 4. The Bertz CT molecular complexity index is 217. The lowest BCUT2D eigenvalue weighted by Crippen LogP contribution is -2.36. The van der Waals surface area contributed by atoms with Gasteiger partial charge in [0, 0.05) is 25.6 Å². The zero-order chi connectivity index (χ0) is 9.84. The first-order chi connectivity index (χ1) is 6.11. The minimum absolute atomic E-state index is 0.0126. The quantitative estimate of drug-likeness (QED) is 0.661. The molecule has 0 spiro atoms. The molecule has 1 aliphatic rings. The fraction of sp³-hybridized carbons (Fsp3) is 0.750. The molecule has 0 aliphatic carbocycles. The zero-order valence-electron chi connectivity index (χ0n) is 7.62. The number of hydrogen-bond donors (Lipinski definition) is 2. The monoisotopic (exact) mass is 186 g/mol. The Labute approximate surface area is 76.7 Å². The largest absolute Gasteiger partial charge is 0.481 e. The normalized spacial score (nSPS) is 18.5. The van der Waals surface area contributed by atoms with Crippen LogP contribution in [0.25, 0.3) is 0 Å². The number of urea groups is 1. The van der Waals surface area contributed by atoms with Crippen LogP contribution in [0, 0.1) is 0 Å². The van der Waals surface area contributed by atoms with Gasteiger partial charge in [0.25, 0.3) is 0 Å². The van der Waals surface area contributed by atoms with Gasteiger partial charge in [0.1, 0.15) is 0 Å². The van der Waals surface area contributed by atoms with E-state index >= 15 is 0 Å². The number of nitrogens with one attached hydrogen (secondary N) is 1. The molecule has 1 fully saturated rings. The molecular formula is C8H14N2O3. The average Bonchev–Trinajstić information content (AvgIpc) is 2.47. The lowest BCUT2D eigenvalue weighted by molar-refractivity contribution is -0.137. The third kappa shape index (κ3) is 2.61. The molecule has 13 heavy (non-hydrogen) atoms. The molecule has 0 radical (unpaired) electrons. The summed E-state index contributed by atoms with van der Waals surface area (Å²) in [5.41, 5.74) is 0. The highest BCUT2D eigenvalue weighted by atomic mass is 16.4. The maximum Gasteiger partial charge on any atom is 0.317 e. The third-order valence-corrected chi connectivity index (χ3v) is 2.20. The lowest BCUT2D eigenvalue weighted by atomic mass is 10.1. The van der Waals surface area contributed by atoms with Gasteiger partial charge < -0.3 is 15.3 Å². The first kappa shape index (κ1) is 9.83. The van der Waals surface area contributed by atoms with E-state index in [0.29, 0.717) is 19.5 Å². The summed E-state index contributed by atoms with van der Waals surface area (Å²) < 4.78 is 0. The smallest absolute Gasteiger partial charge is 0.317 e. The van der Waals surface area contributed by atoms with E-state index in [1.165, 1.54) is 0 Å². The van der Waals surface area contributed by atoms with Crippen LogP contribution in [0.4, 0.5) is 4.79 Å². The summed E-state index contributed by atoms with van der Waals surface area (Å²) >= 11 is 0. The molecule has 1 unspecified atom stereocenters. The van der Waals surface area contributed by atoms with Gasteiger partial charge in [-0.15, -0.1) is 0 Å². The second-order valence-electron chi connectivity index (χ2n) is 3.21. The molecular weight excluding hydrogens is 172 g/mol. The molecule has 0 saturated carbocycles. The Morgan fingerprint density at radius 2 is 2.46 bits per heavy atom. The van der Waals surface area contributed by atoms with Crippen molar-refractivity contribution in [3.05, 3.63) is 0 Å². The Morgan fingerprint density at radius 1 is 1.77 bits per heavy atom. The lowest BCUT2D eigenvalue weighted by Gasteiger charge is -2.21. The highest BCUT2D eigenvalue weighted by Crippen LogP contribution is 2.09. The number of amides is 2. The number of nitrogens with zero attached hydrogens (tertiary/aromatic N) is 1. The van der Waals surface area contributed by atoms with Gasteiger partial charge in [0.15, 0.2) is 0 Å². The van der Waals surface area contributed by atoms with Gasteiger partial charge in [-0.3, -0.25) is 4.79 Å². The average molecular weight is 186 g/mol. The molecule has 0 aromatic rings. The van der Waals surface area contributed by atoms with E-state index in [9.17, 15) is 9.59 Å². The SMILES string of the molecule is CC(CCC(=O)O)N1CCNC1=O. The molecule has 1 rings (SSSR count). The van der Waals surface area contributed by atoms with Crippen molar-refractivity contribution in [2.45, 2.75) is 25.8 Å². The number of carbonyl (C=O) groups is 2. The zero-order valence-corrected chi connectivity index (χ0v) is 7.62. The van der Waals surface area contributed by atoms with Crippen molar-refractivity contribution < 1.29 is 14.7 Å². The van der Waals surface area contributed by atoms with Crippen LogP contribution in [0.5, 0.6) is 0 Å². The summed E-state index contributed by atoms with van der Waals surface area (Å²) in [6.07, 6.45) is 0.633. The maximum absolute atomic E-state index is 11.1. The Balaban J connectivity index is 2.34. The van der Waals surface area contributed by atoms with Crippen molar-refractivity contribution in [1.29, 1.82) is 0 Å². The predicted molar refractivity (Wildman–Crippen MR) is 46.4 cm³/mol. The van der Waals surface area contributed by atoms with Gasteiger partial charge in [0.2, 0.25) is 0 Å². The van der Waals surface area contributed by atoms with Crippen LogP contribution < -0.4 is 5.32 Å². The van der Waals surface area contributed by atoms with E-state index in [0.717, 1.165) is 0 Å². The summed E-state index contributed by atoms with van der Waals surface area (Å²) in [6, 6.07) is -0.0727. The summed E-state index contributed by atoms with van der Waals surface area (Å²) in [7, 11) is 0. The minimum Gasteiger partial charge on any atom is -0.481 e. The van der Waals surface area contributed by atoms with Gasteiger partial charge in [0.05, 0.1) is 0 Å². The molecule has 1 aliphatic heterocycles. The van der Waals surface area contributed by atoms with Gasteiger partial charge in [-0.05, 0) is 13.3 Å². The topological polar surface area (TPSA) is 69.6 Å². The molecule has 1 heterocycles. The Hall–Kier alpha value is -1.26. The van der Waals surface area contributed by atoms with Crippen LogP contribution in [0.1, 0.15) is 19.8 Å². The Morgan fingerprint density at radius 3 is 2.92 bits per heavy atom. The van der Waals surface area contributed by atoms with Crippen molar-refractivity contribution in [3.63, 3.8) is 0 Å². The molecule has 2 amide bonds. The highest BCUT2D eigenvalue weighted by Gasteiger charge is 2.24. The Kier molecular flexibility index (Phi) is 3.11. The van der Waals surface area contributed by atoms with Gasteiger partial charge in [-0.2, -0.15) is 0 Å². The summed E-state index contributed by atoms with van der Waals surface area (Å²) in [4.78, 5) is 23.1. The number of carboxylic acid groups (broad SMARTS) is 1. The molecule has 2 N–H and O–H groups in total. The van der Waals surface area contributed by atoms with E-state index in [4.69, 9.17) is 5.11 Å². The fourth-order valence-electron chi connectivity index (χ4n) is 1.40. The van der Waals surface area contributed by atoms with E-state index in [-0.39, 0.29) is 18.5 Å². The van der Waals surface area contributed by atoms with E-state index in [1.54, 1.807) is 4.90 Å². The first-order valence-corrected chi connectivity index (χ1v) is 4.37. The second kappa shape index (κ2) is 4.11. The van der Waals surface area contributed by atoms with Crippen molar-refractivity contribution >= 4 is 12.0 Å². The second-order valence-corrected chi connectivity index (χ2v) is 3.21. The minimum atomic E-state index is -0.813. The van der Waals surface area contributed by atoms with Crippen molar-refractivity contribution in [2.24, 2.45) is 0 Å². The standard InChI is InChI=1S/C8H14N2O3/c1-6(2-3-7(11)12)10-5-4-9-8(10)13/h6H,2-5H2,1H3,(H,9,13)(H,11,12). The van der Waals surface area contributed by atoms with Gasteiger partial charge in [-0.1, -0.05) is 0 Å². The summed E-state index contributed by atoms with van der Waals surface area (Å²) in [6.45, 7) is 3.21. The van der Waals surface area contributed by atoms with Crippen LogP contribution in [0.2, 0.25) is 0 Å². The fourth-order valence-corrected chi connectivity index (χ4v) is 1.40. The molecule has 1 saturated heterocycles. The third-order valence-electron chi connectivity index (χ3n) is 2.20. The number of hydrogen-bond acceptors (Lipinski definition) is 2. The van der Waals surface area contributed by atoms with Gasteiger partial charge in [-0.25, -0.2) is 4.79 Å². The van der Waals surface area contributed by atoms with E-state index < -0.39 is 5.97 Å². The molecule has 74 valence electrons. The van der Waals surface area contributed by atoms with Crippen LogP contribution in [-0.2, 0) is 4.79 Å². The number of aliphatic carboxylic acids is 1. The predicted octanol–water partition coefficient (Wildman–Crippen LogP) is 0.265. The molecule has 5 nitrogen and oxygen atoms in total. The number of carbonyl (C=O) groups excluding carboxylic acids is 1.